The van der Waals surface area contributed by atoms with E-state index in [4.69, 9.17) is 59.8 Å². The van der Waals surface area contributed by atoms with Crippen LogP contribution in [0.2, 0.25) is 0 Å². The molecule has 120 heavy (non-hydrogen) atoms. The first-order valence-corrected chi connectivity index (χ1v) is 38.4. The molecule has 1 aliphatic rings. The predicted octanol–water partition coefficient (Wildman–Crippen LogP) is 24.3. The summed E-state index contributed by atoms with van der Waals surface area (Å²) >= 11 is 0. The van der Waals surface area contributed by atoms with Crippen molar-refractivity contribution in [3.8, 4) is 171 Å². The highest BCUT2D eigenvalue weighted by Crippen LogP contribution is 2.55. The number of rotatable bonds is 15. The number of benzene rings is 14. The van der Waals surface area contributed by atoms with E-state index in [9.17, 15) is 5.26 Å². The van der Waals surface area contributed by atoms with Crippen LogP contribution in [0.5, 0.6) is 0 Å². The molecule has 14 aromatic carbocycles. The minimum atomic E-state index is -5.43. The van der Waals surface area contributed by atoms with Crippen molar-refractivity contribution in [2.45, 2.75) is 18.3 Å². The highest BCUT2D eigenvalue weighted by molar-refractivity contribution is 6.11. The van der Waals surface area contributed by atoms with E-state index in [1.807, 2.05) is 315 Å². The monoisotopic (exact) mass is 1570 g/mol. The van der Waals surface area contributed by atoms with Crippen molar-refractivity contribution in [3.05, 3.63) is 379 Å². The number of nitriles is 1. The normalized spacial score (nSPS) is 12.0. The third kappa shape index (κ3) is 13.8. The topological polar surface area (TPSA) is 183 Å². The lowest BCUT2D eigenvalue weighted by Gasteiger charge is -2.24. The summed E-state index contributed by atoms with van der Waals surface area (Å²) in [6.45, 7) is 0. The van der Waals surface area contributed by atoms with Gasteiger partial charge in [0.15, 0.2) is 69.9 Å². The van der Waals surface area contributed by atoms with Crippen molar-refractivity contribution in [2.75, 3.05) is 0 Å². The van der Waals surface area contributed by atoms with E-state index in [0.717, 1.165) is 6.07 Å². The van der Waals surface area contributed by atoms with Gasteiger partial charge in [0.05, 0.1) is 33.4 Å². The molecule has 0 unspecified atom stereocenters. The van der Waals surface area contributed by atoms with Crippen LogP contribution in [0, 0.1) is 11.3 Å². The lowest BCUT2D eigenvalue weighted by Crippen LogP contribution is -2.13. The van der Waals surface area contributed by atoms with Gasteiger partial charge in [0.25, 0.3) is 0 Å². The standard InChI is InChI=1S/C100H58F6N14/c101-99(102,103)72-45-50-75(82(56-72)100(104,105)106)78-57-83(120-84-54-69(97-116-91(63-33-17-5-18-34-63)110-92(117-97)64-35-19-6-20-36-64)43-48-76(84)77-49-44-70(55-85(77)120)98-118-93(65-37-21-7-22-38-65)111-94(119-98)66-39-23-8-24-40-66)71(58-107)53-81(78)86-79-51-67(95-112-87(59-25-9-1-10-26-59)108-88(113-95)60-27-11-2-12-28-60)41-46-73(79)74-47-42-68(52-80(74)86)96-114-89(61-29-13-3-14-30-61)109-90(115-96)62-31-15-4-16-32-62/h1-57,86H. The first-order chi connectivity index (χ1) is 58.7. The van der Waals surface area contributed by atoms with Gasteiger partial charge >= 0.3 is 12.4 Å². The molecule has 0 saturated heterocycles. The summed E-state index contributed by atoms with van der Waals surface area (Å²) in [5, 5.41) is 13.7. The fourth-order valence-electron chi connectivity index (χ4n) is 15.7. The zero-order valence-corrected chi connectivity index (χ0v) is 63.0. The summed E-state index contributed by atoms with van der Waals surface area (Å²) in [7, 11) is 0. The number of aromatic nitrogens is 13. The lowest BCUT2D eigenvalue weighted by atomic mass is 9.81. The Labute approximate surface area is 682 Å². The molecule has 0 spiro atoms. The molecule has 0 atom stereocenters. The Morgan fingerprint density at radius 1 is 0.242 bits per heavy atom. The third-order valence-electron chi connectivity index (χ3n) is 21.4. The van der Waals surface area contributed by atoms with Crippen LogP contribution in [-0.2, 0) is 12.4 Å². The summed E-state index contributed by atoms with van der Waals surface area (Å²) in [6.07, 6.45) is -10.6. The molecule has 19 aromatic rings. The van der Waals surface area contributed by atoms with Gasteiger partial charge in [-0.2, -0.15) is 31.6 Å². The summed E-state index contributed by atoms with van der Waals surface area (Å²) in [5.74, 6) is 2.80. The number of alkyl halides is 6. The summed E-state index contributed by atoms with van der Waals surface area (Å²) in [5.41, 5.74) is 6.99. The van der Waals surface area contributed by atoms with Crippen LogP contribution in [0.1, 0.15) is 39.3 Å². The Morgan fingerprint density at radius 3 is 0.775 bits per heavy atom. The molecule has 0 N–H and O–H groups in total. The fourth-order valence-corrected chi connectivity index (χ4v) is 15.7. The number of nitrogens with zero attached hydrogens (tertiary/aromatic N) is 14. The number of halogens is 6. The van der Waals surface area contributed by atoms with Gasteiger partial charge in [-0.05, 0) is 87.5 Å². The smallest absolute Gasteiger partial charge is 0.308 e. The van der Waals surface area contributed by atoms with Crippen molar-refractivity contribution < 1.29 is 26.3 Å². The van der Waals surface area contributed by atoms with Gasteiger partial charge in [-0.15, -0.1) is 0 Å². The molecule has 0 bridgehead atoms. The maximum atomic E-state index is 16.8. The zero-order chi connectivity index (χ0) is 81.2. The molecule has 0 saturated carbocycles. The minimum absolute atomic E-state index is 0.0446. The number of fused-ring (bicyclic) bond motifs is 6. The average Bonchev–Trinajstić information content (AvgIpc) is 1.27. The molecular weight excluding hydrogens is 1510 g/mol. The van der Waals surface area contributed by atoms with E-state index in [-0.39, 0.29) is 51.7 Å². The second-order valence-corrected chi connectivity index (χ2v) is 28.8. The quantitative estimate of drug-likeness (QED) is 0.0884. The van der Waals surface area contributed by atoms with Crippen LogP contribution >= 0.6 is 0 Å². The van der Waals surface area contributed by atoms with Gasteiger partial charge in [-0.1, -0.05) is 297 Å². The summed E-state index contributed by atoms with van der Waals surface area (Å²) < 4.78 is 98.1. The fraction of sp³-hybridized carbons (Fsp3) is 0.0300. The van der Waals surface area contributed by atoms with E-state index in [2.05, 4.69) is 6.07 Å². The number of hydrogen-bond donors (Lipinski definition) is 0. The van der Waals surface area contributed by atoms with Gasteiger partial charge in [0, 0.05) is 83.5 Å². The third-order valence-corrected chi connectivity index (χ3v) is 21.4. The molecule has 0 aliphatic heterocycles. The molecule has 0 radical (unpaired) electrons. The van der Waals surface area contributed by atoms with E-state index < -0.39 is 35.0 Å². The summed E-state index contributed by atoms with van der Waals surface area (Å²) in [6, 6.07) is 105. The van der Waals surface area contributed by atoms with Crippen LogP contribution in [0.4, 0.5) is 26.3 Å². The molecule has 0 amide bonds. The maximum Gasteiger partial charge on any atom is 0.417 e. The van der Waals surface area contributed by atoms with Crippen molar-refractivity contribution >= 4 is 21.8 Å². The Hall–Kier alpha value is -16.0. The molecule has 20 rings (SSSR count). The zero-order valence-electron chi connectivity index (χ0n) is 63.0. The van der Waals surface area contributed by atoms with Gasteiger partial charge in [0.2, 0.25) is 0 Å². The maximum absolute atomic E-state index is 16.8. The van der Waals surface area contributed by atoms with Crippen molar-refractivity contribution in [1.82, 2.24) is 64.4 Å². The SMILES string of the molecule is N#Cc1cc(C2c3cc(-c4nc(-c5ccccc5)nc(-c5ccccc5)n4)ccc3-c3ccc(-c4nc(-c5ccccc5)nc(-c5ccccc5)n4)cc32)c(-c2ccc(C(F)(F)F)cc2C(F)(F)F)cc1-n1c2cc(-c3nc(-c4ccccc4)nc(-c4ccccc4)n3)ccc2c2ccc(-c3nc(-c4ccccc4)nc(-c4ccccc4)n3)cc21. The molecule has 20 heteroatoms. The van der Waals surface area contributed by atoms with Crippen LogP contribution in [-0.4, -0.2) is 64.4 Å². The first-order valence-electron chi connectivity index (χ1n) is 38.4. The van der Waals surface area contributed by atoms with E-state index >= 15 is 26.3 Å². The van der Waals surface area contributed by atoms with E-state index in [1.54, 1.807) is 10.6 Å². The van der Waals surface area contributed by atoms with Crippen LogP contribution in [0.3, 0.4) is 0 Å². The largest absolute Gasteiger partial charge is 0.417 e. The van der Waals surface area contributed by atoms with Gasteiger partial charge in [0.1, 0.15) is 6.07 Å². The molecule has 570 valence electrons. The highest BCUT2D eigenvalue weighted by Gasteiger charge is 2.41. The molecular formula is C100H58F6N14. The van der Waals surface area contributed by atoms with Crippen LogP contribution < -0.4 is 0 Å². The second-order valence-electron chi connectivity index (χ2n) is 28.8. The molecule has 0 fully saturated rings. The van der Waals surface area contributed by atoms with Gasteiger partial charge < -0.3 is 4.57 Å². The Balaban J connectivity index is 0.880. The van der Waals surface area contributed by atoms with Crippen molar-refractivity contribution in [3.63, 3.8) is 0 Å². The average molecular weight is 1570 g/mol. The Kier molecular flexibility index (Phi) is 18.2. The van der Waals surface area contributed by atoms with Crippen molar-refractivity contribution in [2.24, 2.45) is 0 Å². The van der Waals surface area contributed by atoms with E-state index in [0.29, 0.717) is 163 Å². The van der Waals surface area contributed by atoms with Crippen LogP contribution in [0.15, 0.2) is 346 Å². The van der Waals surface area contributed by atoms with Gasteiger partial charge in [-0.25, -0.2) is 59.8 Å². The molecule has 1 aliphatic carbocycles. The minimum Gasteiger partial charge on any atom is -0.308 e. The first kappa shape index (κ1) is 72.9. The Morgan fingerprint density at radius 2 is 0.500 bits per heavy atom. The molecule has 14 nitrogen and oxygen atoms in total. The van der Waals surface area contributed by atoms with Gasteiger partial charge in [-0.3, -0.25) is 0 Å². The molecule has 5 aromatic heterocycles. The van der Waals surface area contributed by atoms with Crippen LogP contribution in [0.25, 0.3) is 186 Å². The van der Waals surface area contributed by atoms with Crippen molar-refractivity contribution in [1.29, 1.82) is 5.26 Å². The lowest BCUT2D eigenvalue weighted by molar-refractivity contribution is -0.142. The Bertz CT molecular complexity index is 6650. The predicted molar refractivity (Wildman–Crippen MR) is 453 cm³/mol. The van der Waals surface area contributed by atoms with E-state index in [1.165, 1.54) is 6.07 Å². The highest BCUT2D eigenvalue weighted by atomic mass is 19.4. The summed E-state index contributed by atoms with van der Waals surface area (Å²) in [4.78, 5) is 61.0. The number of hydrogen-bond acceptors (Lipinski definition) is 13. The molecule has 5 heterocycles. The second kappa shape index (κ2) is 30.0.